The van der Waals surface area contributed by atoms with Crippen LogP contribution in [0.3, 0.4) is 0 Å². The van der Waals surface area contributed by atoms with Gasteiger partial charge in [0.25, 0.3) is 0 Å². The van der Waals surface area contributed by atoms with Crippen LogP contribution in [0.15, 0.2) is 18.2 Å². The van der Waals surface area contributed by atoms with Crippen LogP contribution in [-0.2, 0) is 11.3 Å². The molecule has 7 nitrogen and oxygen atoms in total. The zero-order valence-corrected chi connectivity index (χ0v) is 15.4. The van der Waals surface area contributed by atoms with E-state index >= 15 is 0 Å². The molecule has 1 rings (SSSR count). The molecule has 0 aliphatic heterocycles. The number of carbonyl (C=O) groups excluding carboxylic acids is 1. The van der Waals surface area contributed by atoms with E-state index in [1.165, 1.54) is 4.90 Å². The third-order valence-electron chi connectivity index (χ3n) is 3.63. The topological polar surface area (TPSA) is 88.1 Å². The zero-order valence-electron chi connectivity index (χ0n) is 15.4. The van der Waals surface area contributed by atoms with Crippen molar-refractivity contribution in [2.75, 3.05) is 27.3 Å². The first-order valence-corrected chi connectivity index (χ1v) is 8.34. The lowest BCUT2D eigenvalue weighted by Gasteiger charge is -2.17. The molecule has 0 heterocycles. The number of urea groups is 1. The first-order chi connectivity index (χ1) is 11.8. The summed E-state index contributed by atoms with van der Waals surface area (Å²) in [4.78, 5) is 23.8. The second kappa shape index (κ2) is 10.4. The van der Waals surface area contributed by atoms with Gasteiger partial charge in [0.1, 0.15) is 0 Å². The van der Waals surface area contributed by atoms with Gasteiger partial charge in [-0.25, -0.2) is 4.79 Å². The number of hydrogen-bond donors (Lipinski definition) is 2. The lowest BCUT2D eigenvalue weighted by atomic mass is 10.1. The van der Waals surface area contributed by atoms with Crippen molar-refractivity contribution in [2.45, 2.75) is 33.2 Å². The van der Waals surface area contributed by atoms with E-state index in [4.69, 9.17) is 14.6 Å². The fourth-order valence-corrected chi connectivity index (χ4v) is 2.02. The molecule has 0 atom stereocenters. The maximum absolute atomic E-state index is 11.9. The van der Waals surface area contributed by atoms with Crippen LogP contribution in [0.2, 0.25) is 0 Å². The van der Waals surface area contributed by atoms with Crippen molar-refractivity contribution >= 4 is 12.0 Å². The second-order valence-electron chi connectivity index (χ2n) is 6.24. The van der Waals surface area contributed by atoms with Crippen LogP contribution in [0.4, 0.5) is 4.79 Å². The molecule has 2 N–H and O–H groups in total. The van der Waals surface area contributed by atoms with E-state index < -0.39 is 5.97 Å². The van der Waals surface area contributed by atoms with E-state index in [1.807, 2.05) is 18.2 Å². The molecule has 1 aromatic carbocycles. The minimum Gasteiger partial charge on any atom is -0.493 e. The fraction of sp³-hybridized carbons (Fsp3) is 0.556. The van der Waals surface area contributed by atoms with E-state index in [0.717, 1.165) is 12.0 Å². The first kappa shape index (κ1) is 20.6. The third-order valence-corrected chi connectivity index (χ3v) is 3.63. The molecule has 7 heteroatoms. The Balaban J connectivity index is 2.56. The van der Waals surface area contributed by atoms with E-state index in [2.05, 4.69) is 19.2 Å². The number of carboxylic acids is 1. The van der Waals surface area contributed by atoms with Crippen molar-refractivity contribution in [2.24, 2.45) is 5.92 Å². The molecule has 140 valence electrons. The van der Waals surface area contributed by atoms with Crippen molar-refractivity contribution in [3.63, 3.8) is 0 Å². The highest BCUT2D eigenvalue weighted by atomic mass is 16.5. The van der Waals surface area contributed by atoms with Gasteiger partial charge in [0.05, 0.1) is 20.1 Å². The Morgan fingerprint density at radius 2 is 2.00 bits per heavy atom. The number of carboxylic acid groups (broad SMARTS) is 1. The Bertz CT molecular complexity index is 575. The van der Waals surface area contributed by atoms with Crippen LogP contribution in [-0.4, -0.2) is 49.3 Å². The average molecular weight is 352 g/mol. The minimum atomic E-state index is -0.933. The van der Waals surface area contributed by atoms with Gasteiger partial charge in [-0.05, 0) is 30.0 Å². The molecule has 0 saturated heterocycles. The first-order valence-electron chi connectivity index (χ1n) is 8.34. The van der Waals surface area contributed by atoms with Gasteiger partial charge in [-0.1, -0.05) is 19.9 Å². The second-order valence-corrected chi connectivity index (χ2v) is 6.24. The molecule has 1 aromatic rings. The van der Waals surface area contributed by atoms with Gasteiger partial charge in [-0.2, -0.15) is 0 Å². The molecule has 0 radical (unpaired) electrons. The summed E-state index contributed by atoms with van der Waals surface area (Å²) in [5.41, 5.74) is 0.869. The number of carbonyl (C=O) groups is 2. The van der Waals surface area contributed by atoms with Crippen molar-refractivity contribution in [3.8, 4) is 11.5 Å². The predicted octanol–water partition coefficient (Wildman–Crippen LogP) is 2.74. The van der Waals surface area contributed by atoms with Gasteiger partial charge < -0.3 is 24.8 Å². The summed E-state index contributed by atoms with van der Waals surface area (Å²) >= 11 is 0. The van der Waals surface area contributed by atoms with E-state index in [1.54, 1.807) is 14.2 Å². The summed E-state index contributed by atoms with van der Waals surface area (Å²) < 4.78 is 11.1. The lowest BCUT2D eigenvalue weighted by Crippen LogP contribution is -2.37. The molecule has 0 bridgehead atoms. The quantitative estimate of drug-likeness (QED) is 0.676. The van der Waals surface area contributed by atoms with Gasteiger partial charge >= 0.3 is 12.0 Å². The number of aliphatic carboxylic acids is 1. The van der Waals surface area contributed by atoms with E-state index in [9.17, 15) is 9.59 Å². The number of nitrogens with zero attached hydrogens (tertiary/aromatic N) is 1. The smallest absolute Gasteiger partial charge is 0.317 e. The molecule has 25 heavy (non-hydrogen) atoms. The average Bonchev–Trinajstić information content (AvgIpc) is 2.57. The summed E-state index contributed by atoms with van der Waals surface area (Å²) in [7, 11) is 3.14. The molecule has 0 aliphatic carbocycles. The molecule has 0 unspecified atom stereocenters. The lowest BCUT2D eigenvalue weighted by molar-refractivity contribution is -0.137. The Labute approximate surface area is 148 Å². The van der Waals surface area contributed by atoms with Gasteiger partial charge in [0, 0.05) is 20.1 Å². The normalized spacial score (nSPS) is 10.4. The maximum atomic E-state index is 11.9. The van der Waals surface area contributed by atoms with Gasteiger partial charge in [0.2, 0.25) is 0 Å². The van der Waals surface area contributed by atoms with Crippen LogP contribution < -0.4 is 14.8 Å². The summed E-state index contributed by atoms with van der Waals surface area (Å²) in [6, 6.07) is 5.19. The van der Waals surface area contributed by atoms with E-state index in [-0.39, 0.29) is 19.0 Å². The number of benzene rings is 1. The van der Waals surface area contributed by atoms with Crippen molar-refractivity contribution in [1.82, 2.24) is 10.2 Å². The number of nitrogens with one attached hydrogen (secondary N) is 1. The Morgan fingerprint density at radius 1 is 1.28 bits per heavy atom. The molecule has 0 aromatic heterocycles. The standard InChI is InChI=1S/C18H28N2O5/c1-13(2)8-10-25-15-6-5-14(11-16(15)24-4)12-19-18(23)20(3)9-7-17(21)22/h5-6,11,13H,7-10,12H2,1-4H3,(H,19,23)(H,21,22). The number of ether oxygens (including phenoxy) is 2. The highest BCUT2D eigenvalue weighted by Crippen LogP contribution is 2.28. The maximum Gasteiger partial charge on any atom is 0.317 e. The summed E-state index contributed by atoms with van der Waals surface area (Å²) in [6.07, 6.45) is 0.879. The number of amides is 2. The van der Waals surface area contributed by atoms with Crippen LogP contribution in [0.1, 0.15) is 32.3 Å². The van der Waals surface area contributed by atoms with Gasteiger partial charge in [-0.15, -0.1) is 0 Å². The number of hydrogen-bond acceptors (Lipinski definition) is 4. The van der Waals surface area contributed by atoms with Crippen LogP contribution in [0.5, 0.6) is 11.5 Å². The van der Waals surface area contributed by atoms with Crippen LogP contribution in [0.25, 0.3) is 0 Å². The number of methoxy groups -OCH3 is 1. The van der Waals surface area contributed by atoms with Crippen LogP contribution >= 0.6 is 0 Å². The molecule has 0 saturated carbocycles. The molecule has 0 aliphatic rings. The molecule has 0 fully saturated rings. The number of rotatable bonds is 10. The highest BCUT2D eigenvalue weighted by molar-refractivity contribution is 5.75. The fourth-order valence-electron chi connectivity index (χ4n) is 2.02. The molecular weight excluding hydrogens is 324 g/mol. The Morgan fingerprint density at radius 3 is 2.60 bits per heavy atom. The van der Waals surface area contributed by atoms with Crippen molar-refractivity contribution in [1.29, 1.82) is 0 Å². The highest BCUT2D eigenvalue weighted by Gasteiger charge is 2.11. The summed E-state index contributed by atoms with van der Waals surface area (Å²) in [5.74, 6) is 0.933. The predicted molar refractivity (Wildman–Crippen MR) is 95.1 cm³/mol. The van der Waals surface area contributed by atoms with Gasteiger partial charge in [0.15, 0.2) is 11.5 Å². The molecule has 0 spiro atoms. The largest absolute Gasteiger partial charge is 0.493 e. The van der Waals surface area contributed by atoms with E-state index in [0.29, 0.717) is 30.6 Å². The minimum absolute atomic E-state index is 0.0832. The molecule has 2 amide bonds. The monoisotopic (exact) mass is 352 g/mol. The van der Waals surface area contributed by atoms with Crippen molar-refractivity contribution < 1.29 is 24.2 Å². The summed E-state index contributed by atoms with van der Waals surface area (Å²) in [5, 5.41) is 11.4. The summed E-state index contributed by atoms with van der Waals surface area (Å²) in [6.45, 7) is 5.38. The Hall–Kier alpha value is -2.44. The third kappa shape index (κ3) is 7.78. The van der Waals surface area contributed by atoms with Gasteiger partial charge in [-0.3, -0.25) is 4.79 Å². The molecular formula is C18H28N2O5. The van der Waals surface area contributed by atoms with Crippen molar-refractivity contribution in [3.05, 3.63) is 23.8 Å². The zero-order chi connectivity index (χ0) is 18.8. The SMILES string of the molecule is COc1cc(CNC(=O)N(C)CCC(=O)O)ccc1OCCC(C)C. The Kier molecular flexibility index (Phi) is 8.60. The van der Waals surface area contributed by atoms with Crippen LogP contribution in [0, 0.1) is 5.92 Å².